The smallest absolute Gasteiger partial charge is 0.224 e. The summed E-state index contributed by atoms with van der Waals surface area (Å²) in [5.74, 6) is 0.684. The predicted molar refractivity (Wildman–Crippen MR) is 64.2 cm³/mol. The van der Waals surface area contributed by atoms with Crippen molar-refractivity contribution >= 4 is 5.91 Å². The molecule has 1 atom stereocenters. The maximum atomic E-state index is 11.3. The van der Waals surface area contributed by atoms with E-state index in [9.17, 15) is 4.79 Å². The highest BCUT2D eigenvalue weighted by molar-refractivity contribution is 5.78. The SMILES string of the molecule is CC(CN)C(=O)NCCCOCc1ccco1. The van der Waals surface area contributed by atoms with Crippen molar-refractivity contribution in [2.45, 2.75) is 20.0 Å². The number of furan rings is 1. The first-order chi connectivity index (χ1) is 8.24. The van der Waals surface area contributed by atoms with Gasteiger partial charge >= 0.3 is 0 Å². The summed E-state index contributed by atoms with van der Waals surface area (Å²) < 4.78 is 10.5. The van der Waals surface area contributed by atoms with Gasteiger partial charge in [-0.05, 0) is 18.6 Å². The summed E-state index contributed by atoms with van der Waals surface area (Å²) >= 11 is 0. The van der Waals surface area contributed by atoms with Gasteiger partial charge in [0.2, 0.25) is 5.91 Å². The third-order valence-corrected chi connectivity index (χ3v) is 2.39. The lowest BCUT2D eigenvalue weighted by molar-refractivity contribution is -0.124. The van der Waals surface area contributed by atoms with Gasteiger partial charge in [0.1, 0.15) is 12.4 Å². The molecule has 5 nitrogen and oxygen atoms in total. The Morgan fingerprint density at radius 3 is 3.12 bits per heavy atom. The lowest BCUT2D eigenvalue weighted by atomic mass is 10.2. The molecule has 1 unspecified atom stereocenters. The minimum absolute atomic E-state index is 0.00136. The summed E-state index contributed by atoms with van der Waals surface area (Å²) in [5, 5.41) is 2.80. The summed E-state index contributed by atoms with van der Waals surface area (Å²) in [4.78, 5) is 11.3. The van der Waals surface area contributed by atoms with E-state index in [0.717, 1.165) is 12.2 Å². The Kier molecular flexibility index (Phi) is 6.35. The first-order valence-corrected chi connectivity index (χ1v) is 5.82. The standard InChI is InChI=1S/C12H20N2O3/c1-10(8-13)12(15)14-5-3-6-16-9-11-4-2-7-17-11/h2,4,7,10H,3,5-6,8-9,13H2,1H3,(H,14,15). The van der Waals surface area contributed by atoms with Crippen LogP contribution in [0.25, 0.3) is 0 Å². The Hall–Kier alpha value is -1.33. The van der Waals surface area contributed by atoms with Crippen molar-refractivity contribution in [1.82, 2.24) is 5.32 Å². The van der Waals surface area contributed by atoms with Gasteiger partial charge < -0.3 is 20.2 Å². The lowest BCUT2D eigenvalue weighted by Crippen LogP contribution is -2.34. The van der Waals surface area contributed by atoms with Gasteiger partial charge in [0.15, 0.2) is 0 Å². The predicted octanol–water partition coefficient (Wildman–Crippen LogP) is 0.897. The molecule has 1 rings (SSSR count). The number of ether oxygens (including phenoxy) is 1. The first-order valence-electron chi connectivity index (χ1n) is 5.82. The second-order valence-corrected chi connectivity index (χ2v) is 3.91. The quantitative estimate of drug-likeness (QED) is 0.662. The number of hydrogen-bond donors (Lipinski definition) is 2. The Morgan fingerprint density at radius 1 is 1.65 bits per heavy atom. The van der Waals surface area contributed by atoms with Crippen LogP contribution in [-0.2, 0) is 16.1 Å². The van der Waals surface area contributed by atoms with Crippen molar-refractivity contribution in [3.05, 3.63) is 24.2 Å². The van der Waals surface area contributed by atoms with E-state index in [1.165, 1.54) is 0 Å². The molecule has 17 heavy (non-hydrogen) atoms. The molecule has 3 N–H and O–H groups in total. The summed E-state index contributed by atoms with van der Waals surface area (Å²) in [5.41, 5.74) is 5.38. The molecule has 5 heteroatoms. The normalized spacial score (nSPS) is 12.4. The summed E-state index contributed by atoms with van der Waals surface area (Å²) in [7, 11) is 0. The van der Waals surface area contributed by atoms with Crippen LogP contribution in [0.5, 0.6) is 0 Å². The van der Waals surface area contributed by atoms with Crippen molar-refractivity contribution < 1.29 is 13.9 Å². The molecular weight excluding hydrogens is 220 g/mol. The molecule has 0 saturated heterocycles. The van der Waals surface area contributed by atoms with E-state index in [1.54, 1.807) is 6.26 Å². The zero-order valence-electron chi connectivity index (χ0n) is 10.1. The van der Waals surface area contributed by atoms with Crippen LogP contribution in [0.1, 0.15) is 19.1 Å². The molecule has 1 heterocycles. The van der Waals surface area contributed by atoms with E-state index in [1.807, 2.05) is 19.1 Å². The average Bonchev–Trinajstić information content (AvgIpc) is 2.85. The van der Waals surface area contributed by atoms with Crippen LogP contribution in [-0.4, -0.2) is 25.6 Å². The molecule has 0 aromatic carbocycles. The molecule has 1 aromatic heterocycles. The third-order valence-electron chi connectivity index (χ3n) is 2.39. The third kappa shape index (κ3) is 5.51. The van der Waals surface area contributed by atoms with E-state index < -0.39 is 0 Å². The topological polar surface area (TPSA) is 77.5 Å². The summed E-state index contributed by atoms with van der Waals surface area (Å²) in [6.07, 6.45) is 2.40. The van der Waals surface area contributed by atoms with E-state index in [0.29, 0.717) is 26.3 Å². The van der Waals surface area contributed by atoms with E-state index >= 15 is 0 Å². The summed E-state index contributed by atoms with van der Waals surface area (Å²) in [6.45, 7) is 3.86. The van der Waals surface area contributed by atoms with Gasteiger partial charge in [-0.25, -0.2) is 0 Å². The van der Waals surface area contributed by atoms with Gasteiger partial charge in [-0.3, -0.25) is 4.79 Å². The molecule has 1 amide bonds. The van der Waals surface area contributed by atoms with Gasteiger partial charge in [0, 0.05) is 25.6 Å². The zero-order chi connectivity index (χ0) is 12.5. The molecule has 1 aromatic rings. The molecule has 0 saturated carbocycles. The van der Waals surface area contributed by atoms with Crippen molar-refractivity contribution in [3.63, 3.8) is 0 Å². The highest BCUT2D eigenvalue weighted by Crippen LogP contribution is 2.01. The van der Waals surface area contributed by atoms with Gasteiger partial charge in [0.05, 0.1) is 6.26 Å². The lowest BCUT2D eigenvalue weighted by Gasteiger charge is -2.09. The monoisotopic (exact) mass is 240 g/mol. The Morgan fingerprint density at radius 2 is 2.47 bits per heavy atom. The number of nitrogens with one attached hydrogen (secondary N) is 1. The van der Waals surface area contributed by atoms with Gasteiger partial charge in [-0.2, -0.15) is 0 Å². The van der Waals surface area contributed by atoms with Crippen LogP contribution >= 0.6 is 0 Å². The highest BCUT2D eigenvalue weighted by atomic mass is 16.5. The van der Waals surface area contributed by atoms with Crippen LogP contribution in [0.15, 0.2) is 22.8 Å². The molecule has 0 bridgehead atoms. The Labute approximate surface area is 101 Å². The van der Waals surface area contributed by atoms with Crippen LogP contribution in [0.3, 0.4) is 0 Å². The second-order valence-electron chi connectivity index (χ2n) is 3.91. The summed E-state index contributed by atoms with van der Waals surface area (Å²) in [6, 6.07) is 3.69. The fourth-order valence-electron chi connectivity index (χ4n) is 1.23. The van der Waals surface area contributed by atoms with E-state index in [4.69, 9.17) is 14.9 Å². The molecular formula is C12H20N2O3. The van der Waals surface area contributed by atoms with Crippen molar-refractivity contribution in [1.29, 1.82) is 0 Å². The minimum atomic E-state index is -0.126. The Balaban J connectivity index is 1.96. The van der Waals surface area contributed by atoms with Gasteiger partial charge in [0.25, 0.3) is 0 Å². The number of nitrogens with two attached hydrogens (primary N) is 1. The number of carbonyl (C=O) groups excluding carboxylic acids is 1. The fourth-order valence-corrected chi connectivity index (χ4v) is 1.23. The maximum Gasteiger partial charge on any atom is 0.224 e. The molecule has 0 fully saturated rings. The molecule has 96 valence electrons. The van der Waals surface area contributed by atoms with Gasteiger partial charge in [-0.1, -0.05) is 6.92 Å². The molecule has 0 aliphatic rings. The van der Waals surface area contributed by atoms with E-state index in [-0.39, 0.29) is 11.8 Å². The van der Waals surface area contributed by atoms with E-state index in [2.05, 4.69) is 5.32 Å². The number of rotatable bonds is 8. The van der Waals surface area contributed by atoms with Gasteiger partial charge in [-0.15, -0.1) is 0 Å². The van der Waals surface area contributed by atoms with Crippen LogP contribution < -0.4 is 11.1 Å². The fraction of sp³-hybridized carbons (Fsp3) is 0.583. The number of carbonyl (C=O) groups is 1. The first kappa shape index (κ1) is 13.7. The average molecular weight is 240 g/mol. The van der Waals surface area contributed by atoms with Crippen LogP contribution in [0.2, 0.25) is 0 Å². The zero-order valence-corrected chi connectivity index (χ0v) is 10.1. The van der Waals surface area contributed by atoms with Crippen molar-refractivity contribution in [3.8, 4) is 0 Å². The maximum absolute atomic E-state index is 11.3. The number of amides is 1. The minimum Gasteiger partial charge on any atom is -0.467 e. The molecule has 0 radical (unpaired) electrons. The van der Waals surface area contributed by atoms with Crippen molar-refractivity contribution in [2.24, 2.45) is 11.7 Å². The number of hydrogen-bond acceptors (Lipinski definition) is 4. The molecule has 0 spiro atoms. The Bertz CT molecular complexity index is 312. The largest absolute Gasteiger partial charge is 0.467 e. The van der Waals surface area contributed by atoms with Crippen molar-refractivity contribution in [2.75, 3.05) is 19.7 Å². The van der Waals surface area contributed by atoms with Crippen LogP contribution in [0, 0.1) is 5.92 Å². The van der Waals surface area contributed by atoms with Crippen LogP contribution in [0.4, 0.5) is 0 Å². The molecule has 0 aliphatic carbocycles. The second kappa shape index (κ2) is 7.86. The highest BCUT2D eigenvalue weighted by Gasteiger charge is 2.08. The molecule has 0 aliphatic heterocycles.